The summed E-state index contributed by atoms with van der Waals surface area (Å²) in [6.45, 7) is 1.80. The van der Waals surface area contributed by atoms with Crippen LogP contribution in [0.3, 0.4) is 0 Å². The van der Waals surface area contributed by atoms with Crippen molar-refractivity contribution in [1.29, 1.82) is 0 Å². The molecule has 0 spiro atoms. The van der Waals surface area contributed by atoms with Crippen LogP contribution in [0, 0.1) is 5.82 Å². The van der Waals surface area contributed by atoms with Crippen LogP contribution >= 0.6 is 11.6 Å². The van der Waals surface area contributed by atoms with Gasteiger partial charge in [0.05, 0.1) is 6.04 Å². The number of aromatic nitrogens is 1. The molecular formula is C15H12ClFN2O. The number of nitrogens with zero attached hydrogens (tertiary/aromatic N) is 1. The minimum absolute atomic E-state index is 0.345. The fraction of sp³-hybridized carbons (Fsp3) is 0.133. The number of anilines is 1. The third-order valence-electron chi connectivity index (χ3n) is 3.07. The van der Waals surface area contributed by atoms with E-state index in [-0.39, 0.29) is 11.9 Å². The molecule has 102 valence electrons. The number of hydrogen-bond donors (Lipinski definition) is 1. The molecule has 2 aromatic carbocycles. The molecule has 1 N–H and O–H groups in total. The molecule has 5 heteroatoms. The van der Waals surface area contributed by atoms with E-state index in [4.69, 9.17) is 16.0 Å². The van der Waals surface area contributed by atoms with Crippen molar-refractivity contribution in [2.24, 2.45) is 0 Å². The summed E-state index contributed by atoms with van der Waals surface area (Å²) in [5, 5.41) is 3.40. The zero-order chi connectivity index (χ0) is 14.1. The first-order valence-corrected chi connectivity index (χ1v) is 6.59. The molecule has 3 rings (SSSR count). The van der Waals surface area contributed by atoms with Crippen LogP contribution in [0.1, 0.15) is 18.5 Å². The number of benzene rings is 2. The summed E-state index contributed by atoms with van der Waals surface area (Å²) in [6, 6.07) is 12.0. The lowest BCUT2D eigenvalue weighted by molar-refractivity contribution is 0.581. The van der Waals surface area contributed by atoms with E-state index in [0.29, 0.717) is 22.2 Å². The van der Waals surface area contributed by atoms with Gasteiger partial charge in [0.15, 0.2) is 5.58 Å². The average molecular weight is 291 g/mol. The molecule has 3 aromatic rings. The Kier molecular flexibility index (Phi) is 3.32. The van der Waals surface area contributed by atoms with E-state index in [0.717, 1.165) is 5.52 Å². The number of rotatable bonds is 3. The zero-order valence-corrected chi connectivity index (χ0v) is 11.5. The molecule has 20 heavy (non-hydrogen) atoms. The predicted molar refractivity (Wildman–Crippen MR) is 77.5 cm³/mol. The van der Waals surface area contributed by atoms with Gasteiger partial charge in [-0.15, -0.1) is 0 Å². The van der Waals surface area contributed by atoms with Gasteiger partial charge in [-0.2, -0.15) is 4.98 Å². The lowest BCUT2D eigenvalue weighted by atomic mass is 10.1. The third kappa shape index (κ3) is 2.34. The highest BCUT2D eigenvalue weighted by Gasteiger charge is 2.16. The lowest BCUT2D eigenvalue weighted by Crippen LogP contribution is -2.09. The van der Waals surface area contributed by atoms with Crippen LogP contribution in [0.25, 0.3) is 11.1 Å². The predicted octanol–water partition coefficient (Wildman–Crippen LogP) is 4.79. The van der Waals surface area contributed by atoms with E-state index in [1.165, 1.54) is 6.07 Å². The molecule has 1 unspecified atom stereocenters. The second kappa shape index (κ2) is 5.13. The number of halogens is 2. The van der Waals surface area contributed by atoms with E-state index in [1.807, 2.05) is 24.3 Å². The first-order chi connectivity index (χ1) is 9.65. The molecular weight excluding hydrogens is 279 g/mol. The van der Waals surface area contributed by atoms with Gasteiger partial charge in [0.25, 0.3) is 6.01 Å². The number of oxazole rings is 1. The first kappa shape index (κ1) is 12.9. The second-order valence-electron chi connectivity index (χ2n) is 4.49. The molecule has 0 radical (unpaired) electrons. The highest BCUT2D eigenvalue weighted by molar-refractivity contribution is 6.31. The van der Waals surface area contributed by atoms with Crippen LogP contribution in [0.5, 0.6) is 0 Å². The minimum Gasteiger partial charge on any atom is -0.424 e. The molecule has 0 aliphatic rings. The maximum absolute atomic E-state index is 13.8. The molecule has 0 saturated heterocycles. The fourth-order valence-corrected chi connectivity index (χ4v) is 2.44. The van der Waals surface area contributed by atoms with Crippen molar-refractivity contribution in [1.82, 2.24) is 4.98 Å². The van der Waals surface area contributed by atoms with Crippen LogP contribution in [-0.2, 0) is 0 Å². The quantitative estimate of drug-likeness (QED) is 0.753. The van der Waals surface area contributed by atoms with E-state index in [1.54, 1.807) is 19.1 Å². The summed E-state index contributed by atoms with van der Waals surface area (Å²) in [5.41, 5.74) is 1.83. The fourth-order valence-electron chi connectivity index (χ4n) is 2.12. The van der Waals surface area contributed by atoms with Gasteiger partial charge in [-0.1, -0.05) is 29.8 Å². The molecule has 0 fully saturated rings. The van der Waals surface area contributed by atoms with E-state index in [2.05, 4.69) is 10.3 Å². The van der Waals surface area contributed by atoms with Gasteiger partial charge in [0.2, 0.25) is 0 Å². The maximum Gasteiger partial charge on any atom is 0.296 e. The van der Waals surface area contributed by atoms with Gasteiger partial charge in [0.1, 0.15) is 11.3 Å². The highest BCUT2D eigenvalue weighted by atomic mass is 35.5. The molecule has 1 aromatic heterocycles. The van der Waals surface area contributed by atoms with Crippen molar-refractivity contribution < 1.29 is 8.81 Å². The number of nitrogens with one attached hydrogen (secondary N) is 1. The second-order valence-corrected chi connectivity index (χ2v) is 4.90. The van der Waals surface area contributed by atoms with Crippen LogP contribution in [0.2, 0.25) is 5.02 Å². The standard InChI is InChI=1S/C15H12ClFN2O/c1-9(14-10(16)5-4-6-11(14)17)18-15-19-12-7-2-3-8-13(12)20-15/h2-9H,1H3,(H,18,19). The van der Waals surface area contributed by atoms with E-state index >= 15 is 0 Å². The monoisotopic (exact) mass is 290 g/mol. The first-order valence-electron chi connectivity index (χ1n) is 6.21. The Morgan fingerprint density at radius 1 is 1.20 bits per heavy atom. The van der Waals surface area contributed by atoms with Gasteiger partial charge in [-0.25, -0.2) is 4.39 Å². The number of fused-ring (bicyclic) bond motifs is 1. The molecule has 0 aliphatic carbocycles. The maximum atomic E-state index is 13.8. The number of hydrogen-bond acceptors (Lipinski definition) is 3. The van der Waals surface area contributed by atoms with Crippen molar-refractivity contribution in [2.45, 2.75) is 13.0 Å². The Hall–Kier alpha value is -2.07. The Bertz CT molecular complexity index is 703. The van der Waals surface area contributed by atoms with Gasteiger partial charge >= 0.3 is 0 Å². The summed E-state index contributed by atoms with van der Waals surface area (Å²) in [5.74, 6) is -0.353. The molecule has 0 aliphatic heterocycles. The van der Waals surface area contributed by atoms with Crippen LogP contribution in [0.15, 0.2) is 46.9 Å². The van der Waals surface area contributed by atoms with Gasteiger partial charge < -0.3 is 9.73 Å². The molecule has 0 amide bonds. The molecule has 0 saturated carbocycles. The SMILES string of the molecule is CC(Nc1nc2ccccc2o1)c1c(F)cccc1Cl. The van der Waals surface area contributed by atoms with E-state index in [9.17, 15) is 4.39 Å². The third-order valence-corrected chi connectivity index (χ3v) is 3.40. The van der Waals surface area contributed by atoms with Crippen molar-refractivity contribution in [3.05, 3.63) is 58.9 Å². The molecule has 3 nitrogen and oxygen atoms in total. The Morgan fingerprint density at radius 2 is 2.00 bits per heavy atom. The van der Waals surface area contributed by atoms with Gasteiger partial charge in [-0.3, -0.25) is 0 Å². The van der Waals surface area contributed by atoms with Crippen LogP contribution in [0.4, 0.5) is 10.4 Å². The Labute approximate surface area is 120 Å². The summed E-state index contributed by atoms with van der Waals surface area (Å²) >= 11 is 6.04. The topological polar surface area (TPSA) is 38.1 Å². The smallest absolute Gasteiger partial charge is 0.296 e. The number of para-hydroxylation sites is 2. The Balaban J connectivity index is 1.90. The van der Waals surface area contributed by atoms with Gasteiger partial charge in [-0.05, 0) is 31.2 Å². The van der Waals surface area contributed by atoms with Crippen LogP contribution < -0.4 is 5.32 Å². The summed E-state index contributed by atoms with van der Waals surface area (Å²) in [6.07, 6.45) is 0. The summed E-state index contributed by atoms with van der Waals surface area (Å²) in [4.78, 5) is 4.29. The highest BCUT2D eigenvalue weighted by Crippen LogP contribution is 2.29. The normalized spacial score (nSPS) is 12.6. The average Bonchev–Trinajstić information content (AvgIpc) is 2.80. The zero-order valence-electron chi connectivity index (χ0n) is 10.7. The molecule has 1 atom stereocenters. The molecule has 0 bridgehead atoms. The van der Waals surface area contributed by atoms with Crippen molar-refractivity contribution in [3.8, 4) is 0 Å². The summed E-state index contributed by atoms with van der Waals surface area (Å²) in [7, 11) is 0. The summed E-state index contributed by atoms with van der Waals surface area (Å²) < 4.78 is 19.4. The van der Waals surface area contributed by atoms with Crippen molar-refractivity contribution in [2.75, 3.05) is 5.32 Å². The van der Waals surface area contributed by atoms with E-state index < -0.39 is 0 Å². The van der Waals surface area contributed by atoms with Crippen LogP contribution in [-0.4, -0.2) is 4.98 Å². The lowest BCUT2D eigenvalue weighted by Gasteiger charge is -2.14. The molecule has 1 heterocycles. The van der Waals surface area contributed by atoms with Crippen molar-refractivity contribution in [3.63, 3.8) is 0 Å². The van der Waals surface area contributed by atoms with Crippen molar-refractivity contribution >= 4 is 28.7 Å². The van der Waals surface area contributed by atoms with Gasteiger partial charge in [0, 0.05) is 10.6 Å². The Morgan fingerprint density at radius 3 is 2.75 bits per heavy atom. The largest absolute Gasteiger partial charge is 0.424 e. The minimum atomic E-state index is -0.353.